The highest BCUT2D eigenvalue weighted by Crippen LogP contribution is 2.18. The van der Waals surface area contributed by atoms with Crippen molar-refractivity contribution < 1.29 is 13.5 Å². The van der Waals surface area contributed by atoms with Gasteiger partial charge in [0, 0.05) is 12.6 Å². The summed E-state index contributed by atoms with van der Waals surface area (Å²) in [7, 11) is 1.77. The molecule has 0 atom stereocenters. The minimum atomic E-state index is -0.566. The SMILES string of the molecule is CNCc1cc(F)cc(OCc2ccc(F)c(C#N)c2)c1. The zero-order valence-corrected chi connectivity index (χ0v) is 11.5. The highest BCUT2D eigenvalue weighted by Gasteiger charge is 2.05. The van der Waals surface area contributed by atoms with Gasteiger partial charge in [-0.1, -0.05) is 6.07 Å². The molecule has 0 bridgehead atoms. The van der Waals surface area contributed by atoms with Gasteiger partial charge in [0.15, 0.2) is 0 Å². The monoisotopic (exact) mass is 288 g/mol. The molecule has 0 aliphatic rings. The molecular formula is C16H14F2N2O. The van der Waals surface area contributed by atoms with Gasteiger partial charge in [-0.3, -0.25) is 0 Å². The number of halogens is 2. The zero-order valence-electron chi connectivity index (χ0n) is 11.5. The summed E-state index contributed by atoms with van der Waals surface area (Å²) in [6.45, 7) is 0.667. The van der Waals surface area contributed by atoms with Gasteiger partial charge in [0.05, 0.1) is 5.56 Å². The number of rotatable bonds is 5. The molecule has 0 unspecified atom stereocenters. The molecule has 0 saturated carbocycles. The highest BCUT2D eigenvalue weighted by molar-refractivity contribution is 5.35. The Kier molecular flexibility index (Phi) is 4.85. The molecule has 1 N–H and O–H groups in total. The van der Waals surface area contributed by atoms with Crippen molar-refractivity contribution in [2.45, 2.75) is 13.2 Å². The Morgan fingerprint density at radius 1 is 1.14 bits per heavy atom. The van der Waals surface area contributed by atoms with E-state index in [-0.39, 0.29) is 18.0 Å². The molecule has 0 spiro atoms. The molecule has 5 heteroatoms. The third-order valence-corrected chi connectivity index (χ3v) is 2.87. The largest absolute Gasteiger partial charge is 0.489 e. The maximum atomic E-state index is 13.4. The minimum Gasteiger partial charge on any atom is -0.489 e. The first kappa shape index (κ1) is 14.9. The Morgan fingerprint density at radius 2 is 1.95 bits per heavy atom. The summed E-state index contributed by atoms with van der Waals surface area (Å²) in [5.41, 5.74) is 1.38. The van der Waals surface area contributed by atoms with Crippen molar-refractivity contribution in [3.63, 3.8) is 0 Å². The zero-order chi connectivity index (χ0) is 15.2. The van der Waals surface area contributed by atoms with Crippen molar-refractivity contribution in [2.24, 2.45) is 0 Å². The Balaban J connectivity index is 2.11. The summed E-state index contributed by atoms with van der Waals surface area (Å²) in [4.78, 5) is 0. The van der Waals surface area contributed by atoms with Crippen molar-refractivity contribution in [1.29, 1.82) is 5.26 Å². The Labute approximate surface area is 121 Å². The topological polar surface area (TPSA) is 45.0 Å². The van der Waals surface area contributed by atoms with Crippen LogP contribution < -0.4 is 10.1 Å². The van der Waals surface area contributed by atoms with E-state index in [0.717, 1.165) is 5.56 Å². The van der Waals surface area contributed by atoms with E-state index < -0.39 is 5.82 Å². The lowest BCUT2D eigenvalue weighted by atomic mass is 10.1. The second-order valence-electron chi connectivity index (χ2n) is 4.54. The van der Waals surface area contributed by atoms with Crippen LogP contribution in [0.15, 0.2) is 36.4 Å². The number of nitriles is 1. The van der Waals surface area contributed by atoms with E-state index in [1.165, 1.54) is 30.3 Å². The first-order valence-corrected chi connectivity index (χ1v) is 6.38. The van der Waals surface area contributed by atoms with Crippen molar-refractivity contribution in [1.82, 2.24) is 5.32 Å². The van der Waals surface area contributed by atoms with E-state index >= 15 is 0 Å². The average Bonchev–Trinajstić information content (AvgIpc) is 2.46. The number of nitrogens with one attached hydrogen (secondary N) is 1. The molecule has 2 aromatic rings. The lowest BCUT2D eigenvalue weighted by Gasteiger charge is -2.09. The van der Waals surface area contributed by atoms with Crippen LogP contribution in [-0.4, -0.2) is 7.05 Å². The average molecular weight is 288 g/mol. The first-order valence-electron chi connectivity index (χ1n) is 6.38. The van der Waals surface area contributed by atoms with E-state index in [0.29, 0.717) is 17.9 Å². The van der Waals surface area contributed by atoms with Crippen LogP contribution in [0.5, 0.6) is 5.75 Å². The molecule has 2 rings (SSSR count). The second-order valence-corrected chi connectivity index (χ2v) is 4.54. The molecule has 0 aliphatic carbocycles. The van der Waals surface area contributed by atoms with Crippen LogP contribution in [0.3, 0.4) is 0 Å². The third kappa shape index (κ3) is 4.01. The molecule has 108 valence electrons. The summed E-state index contributed by atoms with van der Waals surface area (Å²) in [6, 6.07) is 10.4. The minimum absolute atomic E-state index is 0.0359. The van der Waals surface area contributed by atoms with Gasteiger partial charge in [0.1, 0.15) is 30.1 Å². The molecular weight excluding hydrogens is 274 g/mol. The van der Waals surface area contributed by atoms with Crippen LogP contribution in [0.25, 0.3) is 0 Å². The van der Waals surface area contributed by atoms with Crippen molar-refractivity contribution in [3.8, 4) is 11.8 Å². The molecule has 0 saturated heterocycles. The van der Waals surface area contributed by atoms with Crippen molar-refractivity contribution in [2.75, 3.05) is 7.05 Å². The summed E-state index contributed by atoms with van der Waals surface area (Å²) in [5, 5.41) is 11.7. The van der Waals surface area contributed by atoms with Crippen molar-refractivity contribution >= 4 is 0 Å². The van der Waals surface area contributed by atoms with E-state index in [9.17, 15) is 8.78 Å². The Hall–Kier alpha value is -2.45. The van der Waals surface area contributed by atoms with Crippen LogP contribution in [0.2, 0.25) is 0 Å². The molecule has 2 aromatic carbocycles. The first-order chi connectivity index (χ1) is 10.1. The number of hydrogen-bond donors (Lipinski definition) is 1. The van der Waals surface area contributed by atoms with Crippen LogP contribution >= 0.6 is 0 Å². The van der Waals surface area contributed by atoms with Crippen LogP contribution in [0.1, 0.15) is 16.7 Å². The van der Waals surface area contributed by atoms with Gasteiger partial charge in [-0.05, 0) is 42.4 Å². The fraction of sp³-hybridized carbons (Fsp3) is 0.188. The van der Waals surface area contributed by atoms with Crippen LogP contribution in [-0.2, 0) is 13.2 Å². The standard InChI is InChI=1S/C16H14F2N2O/c1-20-9-12-5-14(17)7-15(6-12)21-10-11-2-3-16(18)13(4-11)8-19/h2-7,20H,9-10H2,1H3. The quantitative estimate of drug-likeness (QED) is 0.919. The molecule has 3 nitrogen and oxygen atoms in total. The molecule has 0 fully saturated rings. The molecule has 0 aromatic heterocycles. The number of ether oxygens (including phenoxy) is 1. The smallest absolute Gasteiger partial charge is 0.140 e. The van der Waals surface area contributed by atoms with Crippen LogP contribution in [0, 0.1) is 23.0 Å². The Morgan fingerprint density at radius 3 is 2.67 bits per heavy atom. The van der Waals surface area contributed by atoms with Gasteiger partial charge < -0.3 is 10.1 Å². The van der Waals surface area contributed by atoms with E-state index in [2.05, 4.69) is 5.32 Å². The predicted octanol–water partition coefficient (Wildman–Crippen LogP) is 3.13. The summed E-state index contributed by atoms with van der Waals surface area (Å²) in [5.74, 6) is -0.555. The maximum absolute atomic E-state index is 13.4. The molecule has 0 radical (unpaired) electrons. The van der Waals surface area contributed by atoms with Gasteiger partial charge in [0.25, 0.3) is 0 Å². The molecule has 21 heavy (non-hydrogen) atoms. The van der Waals surface area contributed by atoms with Gasteiger partial charge in [-0.2, -0.15) is 5.26 Å². The van der Waals surface area contributed by atoms with Crippen LogP contribution in [0.4, 0.5) is 8.78 Å². The molecule has 0 heterocycles. The normalized spacial score (nSPS) is 10.2. The number of hydrogen-bond acceptors (Lipinski definition) is 3. The predicted molar refractivity (Wildman–Crippen MR) is 74.6 cm³/mol. The molecule has 0 aliphatic heterocycles. The van der Waals surface area contributed by atoms with Gasteiger partial charge >= 0.3 is 0 Å². The highest BCUT2D eigenvalue weighted by atomic mass is 19.1. The van der Waals surface area contributed by atoms with E-state index in [1.54, 1.807) is 19.2 Å². The maximum Gasteiger partial charge on any atom is 0.140 e. The fourth-order valence-corrected chi connectivity index (χ4v) is 1.92. The Bertz CT molecular complexity index is 680. The van der Waals surface area contributed by atoms with Crippen molar-refractivity contribution in [3.05, 3.63) is 64.7 Å². The van der Waals surface area contributed by atoms with E-state index in [1.807, 2.05) is 0 Å². The number of benzene rings is 2. The molecule has 0 amide bonds. The summed E-state index contributed by atoms with van der Waals surface area (Å²) >= 11 is 0. The third-order valence-electron chi connectivity index (χ3n) is 2.87. The number of nitrogens with zero attached hydrogens (tertiary/aromatic N) is 1. The second kappa shape index (κ2) is 6.82. The summed E-state index contributed by atoms with van der Waals surface area (Å²) in [6.07, 6.45) is 0. The lowest BCUT2D eigenvalue weighted by molar-refractivity contribution is 0.304. The summed E-state index contributed by atoms with van der Waals surface area (Å²) < 4.78 is 32.2. The lowest BCUT2D eigenvalue weighted by Crippen LogP contribution is -2.06. The van der Waals surface area contributed by atoms with Gasteiger partial charge in [-0.15, -0.1) is 0 Å². The van der Waals surface area contributed by atoms with Gasteiger partial charge in [-0.25, -0.2) is 8.78 Å². The van der Waals surface area contributed by atoms with E-state index in [4.69, 9.17) is 10.00 Å². The fourth-order valence-electron chi connectivity index (χ4n) is 1.92. The van der Waals surface area contributed by atoms with Gasteiger partial charge in [0.2, 0.25) is 0 Å².